The molecule has 5 nitrogen and oxygen atoms in total. The number of ether oxygens (including phenoxy) is 1. The standard InChI is InChI=1S/C11H15NO4/c1-3-15-11(14)8-12(9(2)13)7-10-5-4-6-16-10/h4-6H,3,7-8H2,1-2H3. The highest BCUT2D eigenvalue weighted by atomic mass is 16.5. The Balaban J connectivity index is 2.54. The van der Waals surface area contributed by atoms with Crippen LogP contribution in [0.1, 0.15) is 19.6 Å². The quantitative estimate of drug-likeness (QED) is 0.706. The number of hydrogen-bond acceptors (Lipinski definition) is 4. The van der Waals surface area contributed by atoms with Crippen LogP contribution in [0, 0.1) is 0 Å². The fourth-order valence-electron chi connectivity index (χ4n) is 1.23. The van der Waals surface area contributed by atoms with Gasteiger partial charge in [-0.25, -0.2) is 0 Å². The molecule has 0 aliphatic rings. The normalized spacial score (nSPS) is 9.88. The van der Waals surface area contributed by atoms with E-state index in [1.807, 2.05) is 0 Å². The van der Waals surface area contributed by atoms with Crippen LogP contribution in [-0.2, 0) is 20.9 Å². The van der Waals surface area contributed by atoms with Gasteiger partial charge in [0.2, 0.25) is 5.91 Å². The van der Waals surface area contributed by atoms with E-state index < -0.39 is 5.97 Å². The Kier molecular flexibility index (Phi) is 4.57. The summed E-state index contributed by atoms with van der Waals surface area (Å²) in [5.74, 6) is 0.0354. The van der Waals surface area contributed by atoms with Crippen molar-refractivity contribution in [2.75, 3.05) is 13.2 Å². The Hall–Kier alpha value is -1.78. The molecule has 1 heterocycles. The molecule has 0 saturated heterocycles. The van der Waals surface area contributed by atoms with E-state index in [9.17, 15) is 9.59 Å². The van der Waals surface area contributed by atoms with E-state index in [-0.39, 0.29) is 19.0 Å². The van der Waals surface area contributed by atoms with E-state index in [0.717, 1.165) is 0 Å². The Labute approximate surface area is 94.0 Å². The maximum atomic E-state index is 11.3. The van der Waals surface area contributed by atoms with Crippen LogP contribution in [0.2, 0.25) is 0 Å². The molecule has 0 atom stereocenters. The van der Waals surface area contributed by atoms with Gasteiger partial charge in [0.1, 0.15) is 12.3 Å². The lowest BCUT2D eigenvalue weighted by Crippen LogP contribution is -2.34. The highest BCUT2D eigenvalue weighted by Crippen LogP contribution is 2.05. The number of hydrogen-bond donors (Lipinski definition) is 0. The Morgan fingerprint density at radius 1 is 1.50 bits per heavy atom. The van der Waals surface area contributed by atoms with E-state index in [1.165, 1.54) is 18.1 Å². The van der Waals surface area contributed by atoms with E-state index in [2.05, 4.69) is 0 Å². The molecule has 1 rings (SSSR count). The lowest BCUT2D eigenvalue weighted by atomic mass is 10.4. The number of amides is 1. The Morgan fingerprint density at radius 3 is 2.75 bits per heavy atom. The van der Waals surface area contributed by atoms with Gasteiger partial charge in [0.15, 0.2) is 0 Å². The molecule has 1 aromatic rings. The third-order valence-electron chi connectivity index (χ3n) is 2.00. The van der Waals surface area contributed by atoms with Crippen LogP contribution >= 0.6 is 0 Å². The smallest absolute Gasteiger partial charge is 0.325 e. The van der Waals surface area contributed by atoms with Crippen molar-refractivity contribution in [2.24, 2.45) is 0 Å². The highest BCUT2D eigenvalue weighted by Gasteiger charge is 2.15. The van der Waals surface area contributed by atoms with Gasteiger partial charge in [0.25, 0.3) is 0 Å². The lowest BCUT2D eigenvalue weighted by molar-refractivity contribution is -0.148. The molecule has 0 unspecified atom stereocenters. The average molecular weight is 225 g/mol. The number of carbonyl (C=O) groups is 2. The molecule has 1 aromatic heterocycles. The van der Waals surface area contributed by atoms with Gasteiger partial charge in [-0.3, -0.25) is 9.59 Å². The van der Waals surface area contributed by atoms with Gasteiger partial charge in [0.05, 0.1) is 19.4 Å². The number of esters is 1. The zero-order valence-corrected chi connectivity index (χ0v) is 9.43. The van der Waals surface area contributed by atoms with Gasteiger partial charge in [-0.15, -0.1) is 0 Å². The highest BCUT2D eigenvalue weighted by molar-refractivity contribution is 5.80. The molecule has 0 radical (unpaired) electrons. The molecule has 88 valence electrons. The molecule has 0 spiro atoms. The molecule has 0 aliphatic heterocycles. The maximum Gasteiger partial charge on any atom is 0.325 e. The van der Waals surface area contributed by atoms with Gasteiger partial charge in [-0.1, -0.05) is 0 Å². The fourth-order valence-corrected chi connectivity index (χ4v) is 1.23. The monoisotopic (exact) mass is 225 g/mol. The summed E-state index contributed by atoms with van der Waals surface area (Å²) in [6, 6.07) is 3.49. The first-order valence-electron chi connectivity index (χ1n) is 5.07. The van der Waals surface area contributed by atoms with E-state index in [4.69, 9.17) is 9.15 Å². The minimum atomic E-state index is -0.413. The second kappa shape index (κ2) is 5.95. The number of rotatable bonds is 5. The van der Waals surface area contributed by atoms with Gasteiger partial charge in [0, 0.05) is 6.92 Å². The van der Waals surface area contributed by atoms with Gasteiger partial charge >= 0.3 is 5.97 Å². The summed E-state index contributed by atoms with van der Waals surface area (Å²) >= 11 is 0. The molecule has 0 aliphatic carbocycles. The molecule has 0 N–H and O–H groups in total. The molecule has 0 aromatic carbocycles. The van der Waals surface area contributed by atoms with Crippen LogP contribution in [0.15, 0.2) is 22.8 Å². The topological polar surface area (TPSA) is 59.8 Å². The van der Waals surface area contributed by atoms with Crippen molar-refractivity contribution in [1.29, 1.82) is 0 Å². The number of carbonyl (C=O) groups excluding carboxylic acids is 2. The SMILES string of the molecule is CCOC(=O)CN(Cc1ccco1)C(C)=O. The van der Waals surface area contributed by atoms with E-state index >= 15 is 0 Å². The molecule has 16 heavy (non-hydrogen) atoms. The van der Waals surface area contributed by atoms with Crippen molar-refractivity contribution < 1.29 is 18.7 Å². The summed E-state index contributed by atoms with van der Waals surface area (Å²) in [4.78, 5) is 23.9. The first-order chi connectivity index (χ1) is 7.63. The molecule has 0 bridgehead atoms. The number of furan rings is 1. The average Bonchev–Trinajstić information content (AvgIpc) is 2.69. The zero-order valence-electron chi connectivity index (χ0n) is 9.43. The van der Waals surface area contributed by atoms with Crippen LogP contribution in [0.5, 0.6) is 0 Å². The molecular weight excluding hydrogens is 210 g/mol. The fraction of sp³-hybridized carbons (Fsp3) is 0.455. The largest absolute Gasteiger partial charge is 0.467 e. The predicted octanol–water partition coefficient (Wildman–Crippen LogP) is 1.19. The first-order valence-corrected chi connectivity index (χ1v) is 5.07. The number of nitrogens with zero attached hydrogens (tertiary/aromatic N) is 1. The van der Waals surface area contributed by atoms with Crippen LogP contribution in [0.25, 0.3) is 0 Å². The van der Waals surface area contributed by atoms with Crippen molar-refractivity contribution in [3.05, 3.63) is 24.2 Å². The third-order valence-corrected chi connectivity index (χ3v) is 2.00. The first kappa shape index (κ1) is 12.3. The van der Waals surface area contributed by atoms with Crippen molar-refractivity contribution in [2.45, 2.75) is 20.4 Å². The lowest BCUT2D eigenvalue weighted by Gasteiger charge is -2.18. The minimum absolute atomic E-state index is 0.0517. The molecule has 5 heteroatoms. The van der Waals surface area contributed by atoms with Crippen LogP contribution < -0.4 is 0 Å². The van der Waals surface area contributed by atoms with Crippen molar-refractivity contribution >= 4 is 11.9 Å². The van der Waals surface area contributed by atoms with Crippen LogP contribution in [-0.4, -0.2) is 29.9 Å². The van der Waals surface area contributed by atoms with Gasteiger partial charge in [-0.05, 0) is 19.1 Å². The molecule has 0 fully saturated rings. The van der Waals surface area contributed by atoms with Crippen LogP contribution in [0.4, 0.5) is 0 Å². The van der Waals surface area contributed by atoms with Gasteiger partial charge < -0.3 is 14.1 Å². The Morgan fingerprint density at radius 2 is 2.25 bits per heavy atom. The minimum Gasteiger partial charge on any atom is -0.467 e. The second-order valence-electron chi connectivity index (χ2n) is 3.26. The maximum absolute atomic E-state index is 11.3. The summed E-state index contributed by atoms with van der Waals surface area (Å²) in [6.07, 6.45) is 1.53. The molecule has 1 amide bonds. The van der Waals surface area contributed by atoms with Crippen LogP contribution in [0.3, 0.4) is 0 Å². The van der Waals surface area contributed by atoms with Gasteiger partial charge in [-0.2, -0.15) is 0 Å². The van der Waals surface area contributed by atoms with E-state index in [1.54, 1.807) is 19.1 Å². The summed E-state index contributed by atoms with van der Waals surface area (Å²) in [5, 5.41) is 0. The third kappa shape index (κ3) is 3.76. The summed E-state index contributed by atoms with van der Waals surface area (Å²) in [5.41, 5.74) is 0. The molecule has 0 saturated carbocycles. The van der Waals surface area contributed by atoms with Crippen molar-refractivity contribution in [3.63, 3.8) is 0 Å². The second-order valence-corrected chi connectivity index (χ2v) is 3.26. The van der Waals surface area contributed by atoms with Crippen molar-refractivity contribution in [1.82, 2.24) is 4.90 Å². The van der Waals surface area contributed by atoms with Crippen molar-refractivity contribution in [3.8, 4) is 0 Å². The predicted molar refractivity (Wildman–Crippen MR) is 56.4 cm³/mol. The summed E-state index contributed by atoms with van der Waals surface area (Å²) in [6.45, 7) is 3.67. The molecular formula is C11H15NO4. The zero-order chi connectivity index (χ0) is 12.0. The Bertz CT molecular complexity index is 345. The van der Waals surface area contributed by atoms with E-state index in [0.29, 0.717) is 12.4 Å². The summed E-state index contributed by atoms with van der Waals surface area (Å²) < 4.78 is 9.89. The summed E-state index contributed by atoms with van der Waals surface area (Å²) in [7, 11) is 0.